The van der Waals surface area contributed by atoms with E-state index < -0.39 is 35.7 Å². The highest BCUT2D eigenvalue weighted by Gasteiger charge is 2.74. The Morgan fingerprint density at radius 2 is 1.10 bits per heavy atom. The molecule has 11 heteroatoms. The number of ether oxygens (including phenoxy) is 1. The van der Waals surface area contributed by atoms with Crippen molar-refractivity contribution in [3.8, 4) is 5.75 Å². The molecule has 0 heterocycles. The first-order valence-corrected chi connectivity index (χ1v) is 4.88. The highest BCUT2D eigenvalue weighted by molar-refractivity contribution is 5.40. The summed E-state index contributed by atoms with van der Waals surface area (Å²) in [5, 5.41) is 0. The Kier molecular flexibility index (Phi) is 4.09. The van der Waals surface area contributed by atoms with E-state index in [9.17, 15) is 43.9 Å². The minimum absolute atomic E-state index is 0.0813. The zero-order valence-electron chi connectivity index (χ0n) is 9.50. The second-order valence-corrected chi connectivity index (χ2v) is 3.70. The van der Waals surface area contributed by atoms with E-state index in [2.05, 4.69) is 4.74 Å². The van der Waals surface area contributed by atoms with Crippen molar-refractivity contribution in [3.05, 3.63) is 29.8 Å². The van der Waals surface area contributed by atoms with Gasteiger partial charge in [0.2, 0.25) is 0 Å². The van der Waals surface area contributed by atoms with E-state index in [0.717, 1.165) is 0 Å². The fraction of sp³-hybridized carbons (Fsp3) is 0.400. The monoisotopic (exact) mass is 330 g/mol. The first-order valence-electron chi connectivity index (χ1n) is 4.88. The van der Waals surface area contributed by atoms with Gasteiger partial charge in [-0.2, -0.15) is 26.3 Å². The normalized spacial score (nSPS) is 14.2. The van der Waals surface area contributed by atoms with E-state index in [-0.39, 0.29) is 12.1 Å². The number of hydrogen-bond acceptors (Lipinski definition) is 1. The van der Waals surface area contributed by atoms with Crippen LogP contribution in [0.15, 0.2) is 24.3 Å². The van der Waals surface area contributed by atoms with Crippen molar-refractivity contribution in [1.82, 2.24) is 0 Å². The maximum Gasteiger partial charge on any atom is 0.573 e. The topological polar surface area (TPSA) is 9.23 Å². The van der Waals surface area contributed by atoms with E-state index in [0.29, 0.717) is 12.1 Å². The molecule has 0 spiro atoms. The van der Waals surface area contributed by atoms with Gasteiger partial charge in [-0.05, 0) is 6.07 Å². The van der Waals surface area contributed by atoms with Crippen molar-refractivity contribution in [1.29, 1.82) is 0 Å². The molecule has 1 nitrogen and oxygen atoms in total. The maximum atomic E-state index is 13.7. The Hall–Kier alpha value is -1.68. The number of halogens is 10. The van der Waals surface area contributed by atoms with Crippen LogP contribution in [0.5, 0.6) is 5.75 Å². The lowest BCUT2D eigenvalue weighted by molar-refractivity contribution is -0.350. The molecule has 120 valence electrons. The lowest BCUT2D eigenvalue weighted by atomic mass is 9.93. The predicted octanol–water partition coefficient (Wildman–Crippen LogP) is 4.87. The molecule has 21 heavy (non-hydrogen) atoms. The van der Waals surface area contributed by atoms with E-state index >= 15 is 0 Å². The van der Waals surface area contributed by atoms with Crippen molar-refractivity contribution in [3.63, 3.8) is 0 Å². The van der Waals surface area contributed by atoms with Gasteiger partial charge in [-0.3, -0.25) is 0 Å². The SMILES string of the molecule is FC(F)(F)Oc1ccccc1C(F)(C(F)(F)F)C(F)(F)F. The van der Waals surface area contributed by atoms with Gasteiger partial charge in [0.05, 0.1) is 5.56 Å². The number of benzene rings is 1. The molecule has 0 aliphatic carbocycles. The van der Waals surface area contributed by atoms with Gasteiger partial charge in [0.15, 0.2) is 0 Å². The summed E-state index contributed by atoms with van der Waals surface area (Å²) >= 11 is 0. The van der Waals surface area contributed by atoms with Gasteiger partial charge in [-0.1, -0.05) is 18.2 Å². The summed E-state index contributed by atoms with van der Waals surface area (Å²) in [6.07, 6.45) is -18.7. The number of hydrogen-bond donors (Lipinski definition) is 0. The molecular formula is C10H4F10O. The van der Waals surface area contributed by atoms with Crippen LogP contribution >= 0.6 is 0 Å². The van der Waals surface area contributed by atoms with Gasteiger partial charge in [0.25, 0.3) is 0 Å². The van der Waals surface area contributed by atoms with Crippen LogP contribution < -0.4 is 4.74 Å². The van der Waals surface area contributed by atoms with Crippen molar-refractivity contribution in [2.75, 3.05) is 0 Å². The van der Waals surface area contributed by atoms with Crippen LogP contribution in [0.25, 0.3) is 0 Å². The Balaban J connectivity index is 3.55. The molecule has 0 atom stereocenters. The van der Waals surface area contributed by atoms with Crippen LogP contribution in [0, 0.1) is 0 Å². The minimum atomic E-state index is -6.53. The molecule has 0 radical (unpaired) electrons. The summed E-state index contributed by atoms with van der Waals surface area (Å²) in [4.78, 5) is 0. The van der Waals surface area contributed by atoms with Crippen LogP contribution in [-0.4, -0.2) is 18.7 Å². The minimum Gasteiger partial charge on any atom is -0.405 e. The fourth-order valence-corrected chi connectivity index (χ4v) is 1.43. The van der Waals surface area contributed by atoms with Gasteiger partial charge in [-0.25, -0.2) is 4.39 Å². The van der Waals surface area contributed by atoms with Crippen molar-refractivity contribution < 1.29 is 48.6 Å². The van der Waals surface area contributed by atoms with Crippen LogP contribution in [0.2, 0.25) is 0 Å². The standard InChI is InChI=1S/C10H4F10O/c11-7(8(12,13)14,9(15,16)17)5-3-1-2-4-6(5)21-10(18,19)20/h1-4H. The quantitative estimate of drug-likeness (QED) is 0.703. The Morgan fingerprint density at radius 1 is 0.667 bits per heavy atom. The lowest BCUT2D eigenvalue weighted by Gasteiger charge is -2.31. The van der Waals surface area contributed by atoms with Crippen molar-refractivity contribution >= 4 is 0 Å². The van der Waals surface area contributed by atoms with Crippen LogP contribution in [0.4, 0.5) is 43.9 Å². The maximum absolute atomic E-state index is 13.7. The van der Waals surface area contributed by atoms with E-state index in [1.54, 1.807) is 0 Å². The molecule has 0 aliphatic heterocycles. The summed E-state index contributed by atoms with van der Waals surface area (Å²) in [6.45, 7) is 0. The zero-order chi connectivity index (χ0) is 16.7. The van der Waals surface area contributed by atoms with Crippen LogP contribution in [0.3, 0.4) is 0 Å². The average molecular weight is 330 g/mol. The lowest BCUT2D eigenvalue weighted by Crippen LogP contribution is -2.50. The molecule has 0 saturated heterocycles. The van der Waals surface area contributed by atoms with Crippen LogP contribution in [-0.2, 0) is 5.67 Å². The molecule has 0 unspecified atom stereocenters. The first kappa shape index (κ1) is 17.4. The predicted molar refractivity (Wildman–Crippen MR) is 48.0 cm³/mol. The second kappa shape index (κ2) is 4.95. The smallest absolute Gasteiger partial charge is 0.405 e. The van der Waals surface area contributed by atoms with Crippen molar-refractivity contribution in [2.24, 2.45) is 0 Å². The molecule has 0 fully saturated rings. The molecule has 0 aromatic heterocycles. The third-order valence-electron chi connectivity index (χ3n) is 2.27. The molecular weight excluding hydrogens is 326 g/mol. The van der Waals surface area contributed by atoms with Gasteiger partial charge >= 0.3 is 24.4 Å². The van der Waals surface area contributed by atoms with Gasteiger partial charge in [-0.15, -0.1) is 13.2 Å². The summed E-state index contributed by atoms with van der Waals surface area (Å²) in [5.41, 5.74) is -8.33. The number of alkyl halides is 10. The summed E-state index contributed by atoms with van der Waals surface area (Å²) in [7, 11) is 0. The molecule has 1 rings (SSSR count). The largest absolute Gasteiger partial charge is 0.573 e. The summed E-state index contributed by atoms with van der Waals surface area (Å²) in [5.74, 6) is -1.93. The van der Waals surface area contributed by atoms with Crippen molar-refractivity contribution in [2.45, 2.75) is 24.4 Å². The second-order valence-electron chi connectivity index (χ2n) is 3.70. The molecule has 0 aliphatic rings. The zero-order valence-corrected chi connectivity index (χ0v) is 9.50. The van der Waals surface area contributed by atoms with Gasteiger partial charge in [0, 0.05) is 0 Å². The number of para-hydroxylation sites is 1. The summed E-state index contributed by atoms with van der Waals surface area (Å²) < 4.78 is 127. The van der Waals surface area contributed by atoms with E-state index in [4.69, 9.17) is 0 Å². The molecule has 0 saturated carbocycles. The fourth-order valence-electron chi connectivity index (χ4n) is 1.43. The third kappa shape index (κ3) is 3.32. The van der Waals surface area contributed by atoms with Gasteiger partial charge < -0.3 is 4.74 Å². The third-order valence-corrected chi connectivity index (χ3v) is 2.27. The van der Waals surface area contributed by atoms with Gasteiger partial charge in [0.1, 0.15) is 5.75 Å². The molecule has 1 aromatic rings. The number of rotatable bonds is 2. The summed E-state index contributed by atoms with van der Waals surface area (Å²) in [6, 6.07) is 1.25. The van der Waals surface area contributed by atoms with E-state index in [1.165, 1.54) is 0 Å². The average Bonchev–Trinajstić information content (AvgIpc) is 2.23. The molecule has 1 aromatic carbocycles. The van der Waals surface area contributed by atoms with Crippen LogP contribution in [0.1, 0.15) is 5.56 Å². The Morgan fingerprint density at radius 3 is 1.48 bits per heavy atom. The first-order chi connectivity index (χ1) is 9.20. The highest BCUT2D eigenvalue weighted by atomic mass is 19.4. The molecule has 0 amide bonds. The Labute approximate surface area is 110 Å². The Bertz CT molecular complexity index is 484. The highest BCUT2D eigenvalue weighted by Crippen LogP contribution is 2.55. The van der Waals surface area contributed by atoms with E-state index in [1.807, 2.05) is 0 Å². The molecule has 0 bridgehead atoms. The molecule has 0 N–H and O–H groups in total.